The summed E-state index contributed by atoms with van der Waals surface area (Å²) in [7, 11) is -3.76. The minimum atomic E-state index is -3.76. The Morgan fingerprint density at radius 1 is 1.10 bits per heavy atom. The van der Waals surface area contributed by atoms with Gasteiger partial charge in [0.2, 0.25) is 10.0 Å². The number of aromatic nitrogens is 2. The first kappa shape index (κ1) is 21.0. The number of halogens is 1. The van der Waals surface area contributed by atoms with Crippen molar-refractivity contribution in [3.8, 4) is 11.3 Å². The number of nitrogens with zero attached hydrogens (tertiary/aromatic N) is 2. The van der Waals surface area contributed by atoms with Crippen LogP contribution < -0.4 is 5.32 Å². The van der Waals surface area contributed by atoms with Crippen molar-refractivity contribution in [1.82, 2.24) is 14.5 Å². The molecule has 2 aromatic carbocycles. The van der Waals surface area contributed by atoms with E-state index in [1.54, 1.807) is 26.0 Å². The van der Waals surface area contributed by atoms with Crippen molar-refractivity contribution in [2.75, 3.05) is 18.4 Å². The summed E-state index contributed by atoms with van der Waals surface area (Å²) in [5, 5.41) is 9.64. The molecule has 0 aliphatic heterocycles. The lowest BCUT2D eigenvalue weighted by Crippen LogP contribution is -2.30. The van der Waals surface area contributed by atoms with Gasteiger partial charge in [-0.2, -0.15) is 9.40 Å². The summed E-state index contributed by atoms with van der Waals surface area (Å²) in [6, 6.07) is 15.4. The molecule has 0 atom stereocenters. The van der Waals surface area contributed by atoms with Gasteiger partial charge in [0.1, 0.15) is 10.6 Å². The van der Waals surface area contributed by atoms with Crippen LogP contribution in [0.4, 0.5) is 5.69 Å². The lowest BCUT2D eigenvalue weighted by atomic mass is 10.1. The van der Waals surface area contributed by atoms with Crippen LogP contribution in [0.2, 0.25) is 5.02 Å². The van der Waals surface area contributed by atoms with Gasteiger partial charge in [-0.3, -0.25) is 9.89 Å². The van der Waals surface area contributed by atoms with Gasteiger partial charge in [-0.15, -0.1) is 0 Å². The van der Waals surface area contributed by atoms with Gasteiger partial charge in [-0.05, 0) is 24.3 Å². The molecule has 0 radical (unpaired) electrons. The summed E-state index contributed by atoms with van der Waals surface area (Å²) in [5.74, 6) is -0.437. The van der Waals surface area contributed by atoms with Crippen molar-refractivity contribution in [1.29, 1.82) is 0 Å². The highest BCUT2D eigenvalue weighted by Gasteiger charge is 2.25. The molecule has 0 bridgehead atoms. The Bertz CT molecular complexity index is 1110. The number of anilines is 1. The first-order chi connectivity index (χ1) is 13.9. The van der Waals surface area contributed by atoms with Gasteiger partial charge in [-0.1, -0.05) is 55.8 Å². The third kappa shape index (κ3) is 4.50. The van der Waals surface area contributed by atoms with Crippen LogP contribution in [-0.2, 0) is 10.0 Å². The predicted octanol–water partition coefficient (Wildman–Crippen LogP) is 4.01. The number of carbonyl (C=O) groups is 1. The Kier molecular flexibility index (Phi) is 6.36. The first-order valence-corrected chi connectivity index (χ1v) is 10.9. The van der Waals surface area contributed by atoms with Gasteiger partial charge in [-0.25, -0.2) is 8.42 Å². The third-order valence-electron chi connectivity index (χ3n) is 4.40. The molecule has 0 saturated carbocycles. The molecule has 0 fully saturated rings. The topological polar surface area (TPSA) is 95.2 Å². The van der Waals surface area contributed by atoms with Crippen molar-refractivity contribution in [3.63, 3.8) is 0 Å². The molecular weight excluding hydrogens is 412 g/mol. The second-order valence-corrected chi connectivity index (χ2v) is 8.54. The van der Waals surface area contributed by atoms with Gasteiger partial charge in [0.25, 0.3) is 5.91 Å². The summed E-state index contributed by atoms with van der Waals surface area (Å²) < 4.78 is 26.9. The number of aromatic amines is 1. The zero-order chi connectivity index (χ0) is 21.0. The zero-order valence-corrected chi connectivity index (χ0v) is 17.6. The van der Waals surface area contributed by atoms with Crippen LogP contribution >= 0.6 is 11.6 Å². The molecule has 7 nitrogen and oxygen atoms in total. The highest BCUT2D eigenvalue weighted by molar-refractivity contribution is 7.89. The second-order valence-electron chi connectivity index (χ2n) is 6.22. The van der Waals surface area contributed by atoms with E-state index in [1.807, 2.05) is 30.3 Å². The molecule has 152 valence electrons. The fourth-order valence-corrected chi connectivity index (χ4v) is 4.83. The predicted molar refractivity (Wildman–Crippen MR) is 114 cm³/mol. The van der Waals surface area contributed by atoms with Crippen molar-refractivity contribution >= 4 is 33.2 Å². The molecule has 9 heteroatoms. The molecule has 1 heterocycles. The molecule has 0 saturated heterocycles. The summed E-state index contributed by atoms with van der Waals surface area (Å²) >= 11 is 6.13. The van der Waals surface area contributed by atoms with Crippen LogP contribution in [0.5, 0.6) is 0 Å². The lowest BCUT2D eigenvalue weighted by Gasteiger charge is -2.19. The molecule has 1 amide bonds. The summed E-state index contributed by atoms with van der Waals surface area (Å²) in [6.07, 6.45) is 0. The first-order valence-electron chi connectivity index (χ1n) is 9.08. The lowest BCUT2D eigenvalue weighted by molar-refractivity contribution is 0.102. The van der Waals surface area contributed by atoms with Gasteiger partial charge < -0.3 is 5.32 Å². The number of nitrogens with one attached hydrogen (secondary N) is 2. The monoisotopic (exact) mass is 432 g/mol. The van der Waals surface area contributed by atoms with Crippen molar-refractivity contribution in [2.45, 2.75) is 18.7 Å². The van der Waals surface area contributed by atoms with E-state index >= 15 is 0 Å². The minimum absolute atomic E-state index is 0.0461. The van der Waals surface area contributed by atoms with E-state index in [0.29, 0.717) is 24.5 Å². The van der Waals surface area contributed by atoms with Crippen molar-refractivity contribution in [3.05, 3.63) is 65.3 Å². The van der Waals surface area contributed by atoms with E-state index in [9.17, 15) is 13.2 Å². The molecule has 29 heavy (non-hydrogen) atoms. The molecule has 1 aromatic heterocycles. The molecule has 3 rings (SSSR count). The van der Waals surface area contributed by atoms with Gasteiger partial charge in [0, 0.05) is 24.3 Å². The Labute approximate surface area is 174 Å². The fraction of sp³-hybridized carbons (Fsp3) is 0.200. The normalized spacial score (nSPS) is 11.6. The van der Waals surface area contributed by atoms with E-state index in [4.69, 9.17) is 11.6 Å². The molecule has 0 aliphatic carbocycles. The maximum absolute atomic E-state index is 12.8. The van der Waals surface area contributed by atoms with Crippen LogP contribution in [0.25, 0.3) is 11.3 Å². The molecular formula is C20H21ClN4O3S. The highest BCUT2D eigenvalue weighted by Crippen LogP contribution is 2.28. The Morgan fingerprint density at radius 3 is 2.45 bits per heavy atom. The van der Waals surface area contributed by atoms with Gasteiger partial charge in [0.15, 0.2) is 0 Å². The molecule has 0 unspecified atom stereocenters. The van der Waals surface area contributed by atoms with Crippen LogP contribution in [0, 0.1) is 0 Å². The second kappa shape index (κ2) is 8.77. The highest BCUT2D eigenvalue weighted by atomic mass is 35.5. The number of sulfonamides is 1. The molecule has 0 aliphatic rings. The summed E-state index contributed by atoms with van der Waals surface area (Å²) in [6.45, 7) is 4.15. The zero-order valence-electron chi connectivity index (χ0n) is 16.0. The van der Waals surface area contributed by atoms with E-state index in [2.05, 4.69) is 15.5 Å². The smallest absolute Gasteiger partial charge is 0.273 e. The van der Waals surface area contributed by atoms with Crippen LogP contribution in [0.1, 0.15) is 24.3 Å². The molecule has 2 N–H and O–H groups in total. The fourth-order valence-electron chi connectivity index (χ4n) is 2.87. The van der Waals surface area contributed by atoms with Gasteiger partial charge >= 0.3 is 0 Å². The minimum Gasteiger partial charge on any atom is -0.321 e. The van der Waals surface area contributed by atoms with E-state index < -0.39 is 15.9 Å². The average Bonchev–Trinajstić information content (AvgIpc) is 3.21. The van der Waals surface area contributed by atoms with E-state index in [-0.39, 0.29) is 15.6 Å². The van der Waals surface area contributed by atoms with E-state index in [1.165, 1.54) is 16.4 Å². The standard InChI is InChI=1S/C20H21ClN4O3S/c1-3-25(4-2)29(27,28)19-12-15(10-11-16(19)21)22-20(26)18-13-17(23-24-18)14-8-6-5-7-9-14/h5-13H,3-4H2,1-2H3,(H,22,26)(H,23,24). The maximum Gasteiger partial charge on any atom is 0.273 e. The molecule has 3 aromatic rings. The van der Waals surface area contributed by atoms with Crippen molar-refractivity contribution in [2.24, 2.45) is 0 Å². The number of hydrogen-bond acceptors (Lipinski definition) is 4. The SMILES string of the molecule is CCN(CC)S(=O)(=O)c1cc(NC(=O)c2cc(-c3ccccc3)n[nH]2)ccc1Cl. The Morgan fingerprint density at radius 2 is 1.79 bits per heavy atom. The van der Waals surface area contributed by atoms with E-state index in [0.717, 1.165) is 5.56 Å². The number of H-pyrrole nitrogens is 1. The van der Waals surface area contributed by atoms with Crippen molar-refractivity contribution < 1.29 is 13.2 Å². The summed E-state index contributed by atoms with van der Waals surface area (Å²) in [5.41, 5.74) is 2.09. The number of carbonyl (C=O) groups excluding carboxylic acids is 1. The Balaban J connectivity index is 1.84. The van der Waals surface area contributed by atoms with Crippen LogP contribution in [0.15, 0.2) is 59.5 Å². The average molecular weight is 433 g/mol. The van der Waals surface area contributed by atoms with Gasteiger partial charge in [0.05, 0.1) is 10.7 Å². The third-order valence-corrected chi connectivity index (χ3v) is 6.94. The number of amides is 1. The molecule has 0 spiro atoms. The quantitative estimate of drug-likeness (QED) is 0.589. The largest absolute Gasteiger partial charge is 0.321 e. The number of rotatable bonds is 7. The maximum atomic E-state index is 12.8. The Hall–Kier alpha value is -2.68. The summed E-state index contributed by atoms with van der Waals surface area (Å²) in [4.78, 5) is 12.5. The number of benzene rings is 2. The van der Waals surface area contributed by atoms with Crippen LogP contribution in [-0.4, -0.2) is 41.9 Å². The van der Waals surface area contributed by atoms with Crippen LogP contribution in [0.3, 0.4) is 0 Å². The number of hydrogen-bond donors (Lipinski definition) is 2.